The van der Waals surface area contributed by atoms with Crippen LogP contribution >= 0.6 is 0 Å². The van der Waals surface area contributed by atoms with Gasteiger partial charge in [0.25, 0.3) is 11.1 Å². The highest BCUT2D eigenvalue weighted by atomic mass is 16.2. The minimum Gasteiger partial charge on any atom is -0.373 e. The number of anilines is 1. The first-order chi connectivity index (χ1) is 10.2. The third-order valence-corrected chi connectivity index (χ3v) is 3.31. The monoisotopic (exact) mass is 282 g/mol. The van der Waals surface area contributed by atoms with Crippen molar-refractivity contribution in [2.45, 2.75) is 6.54 Å². The molecule has 0 unspecified atom stereocenters. The van der Waals surface area contributed by atoms with Gasteiger partial charge in [0.05, 0.1) is 17.3 Å². The molecule has 0 radical (unpaired) electrons. The lowest BCUT2D eigenvalue weighted by Crippen LogP contribution is -2.30. The molecule has 3 aromatic rings. The van der Waals surface area contributed by atoms with Gasteiger partial charge in [-0.3, -0.25) is 14.7 Å². The standard InChI is InChI=1S/C15H14N4O2/c1-16-13-7-6-10(8-17-13)9-19-15(21)12-5-3-2-4-11(12)14(20)18-19/h2-8H,9H2,1H3,(H,16,17)(H,18,20). The second-order valence-corrected chi connectivity index (χ2v) is 4.68. The number of hydrogen-bond acceptors (Lipinski definition) is 4. The van der Waals surface area contributed by atoms with Gasteiger partial charge in [-0.2, -0.15) is 0 Å². The molecule has 3 rings (SSSR count). The molecule has 0 aliphatic rings. The van der Waals surface area contributed by atoms with Crippen LogP contribution in [0.1, 0.15) is 5.56 Å². The number of pyridine rings is 1. The molecule has 6 nitrogen and oxygen atoms in total. The van der Waals surface area contributed by atoms with E-state index in [2.05, 4.69) is 15.4 Å². The molecular weight excluding hydrogens is 268 g/mol. The number of hydrogen-bond donors (Lipinski definition) is 2. The van der Waals surface area contributed by atoms with Crippen LogP contribution in [0.2, 0.25) is 0 Å². The minimum atomic E-state index is -0.273. The quantitative estimate of drug-likeness (QED) is 0.756. The lowest BCUT2D eigenvalue weighted by Gasteiger charge is -2.07. The van der Waals surface area contributed by atoms with E-state index in [1.807, 2.05) is 12.1 Å². The molecule has 0 amide bonds. The van der Waals surface area contributed by atoms with Crippen molar-refractivity contribution in [3.63, 3.8) is 0 Å². The first-order valence-corrected chi connectivity index (χ1v) is 6.53. The summed E-state index contributed by atoms with van der Waals surface area (Å²) in [6.45, 7) is 0.274. The normalized spacial score (nSPS) is 10.7. The molecule has 2 heterocycles. The molecule has 0 atom stereocenters. The SMILES string of the molecule is CNc1ccc(Cn2[nH]c(=O)c3ccccc3c2=O)cn1. The smallest absolute Gasteiger partial charge is 0.273 e. The van der Waals surface area contributed by atoms with E-state index in [0.29, 0.717) is 10.8 Å². The van der Waals surface area contributed by atoms with E-state index in [1.165, 1.54) is 4.68 Å². The van der Waals surface area contributed by atoms with Gasteiger partial charge in [0.2, 0.25) is 0 Å². The molecule has 0 bridgehead atoms. The molecule has 2 N–H and O–H groups in total. The predicted octanol–water partition coefficient (Wildman–Crippen LogP) is 1.17. The molecule has 6 heteroatoms. The van der Waals surface area contributed by atoms with Crippen LogP contribution in [0, 0.1) is 0 Å². The lowest BCUT2D eigenvalue weighted by atomic mass is 10.2. The summed E-state index contributed by atoms with van der Waals surface area (Å²) in [5.74, 6) is 0.748. The Balaban J connectivity index is 2.06. The van der Waals surface area contributed by atoms with E-state index in [4.69, 9.17) is 0 Å². The van der Waals surface area contributed by atoms with Crippen molar-refractivity contribution in [3.8, 4) is 0 Å². The number of aromatic nitrogens is 3. The highest BCUT2D eigenvalue weighted by molar-refractivity contribution is 5.80. The fourth-order valence-corrected chi connectivity index (χ4v) is 2.21. The first kappa shape index (κ1) is 13.1. The zero-order valence-electron chi connectivity index (χ0n) is 11.5. The van der Waals surface area contributed by atoms with E-state index in [1.54, 1.807) is 37.5 Å². The summed E-state index contributed by atoms with van der Waals surface area (Å²) < 4.78 is 1.31. The number of nitrogens with one attached hydrogen (secondary N) is 2. The Morgan fingerprint density at radius 3 is 2.57 bits per heavy atom. The third-order valence-electron chi connectivity index (χ3n) is 3.31. The molecule has 0 spiro atoms. The fourth-order valence-electron chi connectivity index (χ4n) is 2.21. The van der Waals surface area contributed by atoms with Crippen LogP contribution in [-0.4, -0.2) is 21.8 Å². The van der Waals surface area contributed by atoms with Crippen molar-refractivity contribution < 1.29 is 0 Å². The summed E-state index contributed by atoms with van der Waals surface area (Å²) in [6.07, 6.45) is 1.67. The van der Waals surface area contributed by atoms with Gasteiger partial charge in [-0.1, -0.05) is 18.2 Å². The zero-order chi connectivity index (χ0) is 14.8. The van der Waals surface area contributed by atoms with Crippen LogP contribution in [0.15, 0.2) is 52.2 Å². The second-order valence-electron chi connectivity index (χ2n) is 4.68. The molecule has 0 aliphatic heterocycles. The maximum absolute atomic E-state index is 12.4. The predicted molar refractivity (Wildman–Crippen MR) is 81.7 cm³/mol. The molecule has 0 aliphatic carbocycles. The van der Waals surface area contributed by atoms with Gasteiger partial charge < -0.3 is 5.32 Å². The van der Waals surface area contributed by atoms with E-state index >= 15 is 0 Å². The van der Waals surface area contributed by atoms with Crippen LogP contribution in [0.3, 0.4) is 0 Å². The molecule has 2 aromatic heterocycles. The fraction of sp³-hybridized carbons (Fsp3) is 0.133. The van der Waals surface area contributed by atoms with Gasteiger partial charge in [-0.15, -0.1) is 0 Å². The number of H-pyrrole nitrogens is 1. The van der Waals surface area contributed by atoms with Crippen LogP contribution < -0.4 is 16.4 Å². The number of aromatic amines is 1. The average Bonchev–Trinajstić information content (AvgIpc) is 2.53. The van der Waals surface area contributed by atoms with Gasteiger partial charge >= 0.3 is 0 Å². The van der Waals surface area contributed by atoms with Gasteiger partial charge in [-0.05, 0) is 23.8 Å². The summed E-state index contributed by atoms with van der Waals surface area (Å²) in [5.41, 5.74) is 0.343. The average molecular weight is 282 g/mol. The second kappa shape index (κ2) is 5.24. The maximum atomic E-state index is 12.4. The summed E-state index contributed by atoms with van der Waals surface area (Å²) >= 11 is 0. The maximum Gasteiger partial charge on any atom is 0.273 e. The molecule has 21 heavy (non-hydrogen) atoms. The first-order valence-electron chi connectivity index (χ1n) is 6.53. The number of nitrogens with zero attached hydrogens (tertiary/aromatic N) is 2. The minimum absolute atomic E-state index is 0.220. The third kappa shape index (κ3) is 2.43. The van der Waals surface area contributed by atoms with Crippen molar-refractivity contribution >= 4 is 16.6 Å². The van der Waals surface area contributed by atoms with Gasteiger partial charge in [0.15, 0.2) is 0 Å². The van der Waals surface area contributed by atoms with E-state index in [9.17, 15) is 9.59 Å². The Morgan fingerprint density at radius 1 is 1.14 bits per heavy atom. The number of benzene rings is 1. The number of fused-ring (bicyclic) bond motifs is 1. The summed E-state index contributed by atoms with van der Waals surface area (Å²) in [5, 5.41) is 6.35. The Bertz CT molecular complexity index is 894. The lowest BCUT2D eigenvalue weighted by molar-refractivity contribution is 0.635. The Labute approximate surface area is 120 Å². The zero-order valence-corrected chi connectivity index (χ0v) is 11.5. The Kier molecular flexibility index (Phi) is 3.27. The van der Waals surface area contributed by atoms with E-state index in [-0.39, 0.29) is 17.7 Å². The summed E-state index contributed by atoms with van der Waals surface area (Å²) in [6, 6.07) is 10.5. The van der Waals surface area contributed by atoms with Gasteiger partial charge in [0, 0.05) is 13.2 Å². The van der Waals surface area contributed by atoms with Crippen molar-refractivity contribution in [2.75, 3.05) is 12.4 Å². The summed E-state index contributed by atoms with van der Waals surface area (Å²) in [7, 11) is 1.79. The largest absolute Gasteiger partial charge is 0.373 e. The topological polar surface area (TPSA) is 79.8 Å². The molecule has 0 saturated heterocycles. The Hall–Kier alpha value is -2.89. The van der Waals surface area contributed by atoms with Gasteiger partial charge in [0.1, 0.15) is 5.82 Å². The number of rotatable bonds is 3. The molecule has 0 fully saturated rings. The van der Waals surface area contributed by atoms with Crippen LogP contribution in [0.5, 0.6) is 0 Å². The molecular formula is C15H14N4O2. The van der Waals surface area contributed by atoms with Crippen molar-refractivity contribution in [3.05, 3.63) is 68.9 Å². The summed E-state index contributed by atoms with van der Waals surface area (Å²) in [4.78, 5) is 28.6. The molecule has 0 saturated carbocycles. The molecule has 106 valence electrons. The van der Waals surface area contributed by atoms with Gasteiger partial charge in [-0.25, -0.2) is 9.67 Å². The Morgan fingerprint density at radius 2 is 1.90 bits per heavy atom. The molecule has 1 aromatic carbocycles. The van der Waals surface area contributed by atoms with Crippen LogP contribution in [0.25, 0.3) is 10.8 Å². The van der Waals surface area contributed by atoms with Crippen molar-refractivity contribution in [1.82, 2.24) is 14.8 Å². The van der Waals surface area contributed by atoms with Crippen LogP contribution in [-0.2, 0) is 6.54 Å². The highest BCUT2D eigenvalue weighted by Crippen LogP contribution is 2.06. The van der Waals surface area contributed by atoms with Crippen molar-refractivity contribution in [2.24, 2.45) is 0 Å². The highest BCUT2D eigenvalue weighted by Gasteiger charge is 2.07. The van der Waals surface area contributed by atoms with Crippen LogP contribution in [0.4, 0.5) is 5.82 Å². The van der Waals surface area contributed by atoms with E-state index < -0.39 is 0 Å². The van der Waals surface area contributed by atoms with Crippen molar-refractivity contribution in [1.29, 1.82) is 0 Å². The van der Waals surface area contributed by atoms with E-state index in [0.717, 1.165) is 11.4 Å².